The Kier molecular flexibility index (Phi) is 10.8. The molecule has 0 spiro atoms. The van der Waals surface area contributed by atoms with Crippen molar-refractivity contribution in [2.45, 2.75) is 0 Å². The van der Waals surface area contributed by atoms with Gasteiger partial charge in [0, 0.05) is 45.5 Å². The lowest BCUT2D eigenvalue weighted by molar-refractivity contribution is 1.17. The molecule has 5 heteroatoms. The summed E-state index contributed by atoms with van der Waals surface area (Å²) in [5.74, 6) is 0. The van der Waals surface area contributed by atoms with E-state index in [1.165, 1.54) is 0 Å². The minimum Gasteiger partial charge on any atom is -0.308 e. The largest absolute Gasteiger partial charge is 0.308 e. The van der Waals surface area contributed by atoms with E-state index in [1.54, 1.807) is 0 Å². The first-order valence-electron chi connectivity index (χ1n) is 20.0. The monoisotopic (exact) mass is 771 g/mol. The molecule has 0 bridgehead atoms. The molecule has 0 aliphatic heterocycles. The Hall–Kier alpha value is -8.33. The van der Waals surface area contributed by atoms with Crippen molar-refractivity contribution in [2.75, 3.05) is 19.6 Å². The van der Waals surface area contributed by atoms with Gasteiger partial charge in [-0.1, -0.05) is 146 Å². The highest BCUT2D eigenvalue weighted by Crippen LogP contribution is 2.56. The SMILES string of the molecule is N#Cc1c(N(c2ccccc2)c2ccccc2)c(N(c2ccccc2)c2ccccc2)cc(N(c2ccccc2)c2ccccc2)c1N(c1ccccc1)c1ccccc1. The van der Waals surface area contributed by atoms with Crippen LogP contribution in [0.3, 0.4) is 0 Å². The molecule has 0 atom stereocenters. The lowest BCUT2D eigenvalue weighted by Crippen LogP contribution is -2.23. The van der Waals surface area contributed by atoms with Crippen LogP contribution < -0.4 is 19.6 Å². The number of hydrogen-bond donors (Lipinski definition) is 0. The molecule has 60 heavy (non-hydrogen) atoms. The van der Waals surface area contributed by atoms with Gasteiger partial charge in [-0.05, 0) is 103 Å². The molecular weight excluding hydrogens is 731 g/mol. The molecule has 0 radical (unpaired) electrons. The Bertz CT molecular complexity index is 2450. The normalized spacial score (nSPS) is 10.7. The van der Waals surface area contributed by atoms with E-state index in [2.05, 4.69) is 177 Å². The quantitative estimate of drug-likeness (QED) is 0.124. The molecule has 9 aromatic carbocycles. The second kappa shape index (κ2) is 17.4. The van der Waals surface area contributed by atoms with Crippen LogP contribution in [0.4, 0.5) is 68.2 Å². The van der Waals surface area contributed by atoms with Crippen molar-refractivity contribution in [3.8, 4) is 6.07 Å². The van der Waals surface area contributed by atoms with Crippen molar-refractivity contribution in [3.05, 3.63) is 254 Å². The molecule has 0 aliphatic rings. The zero-order valence-electron chi connectivity index (χ0n) is 32.9. The van der Waals surface area contributed by atoms with Gasteiger partial charge in [0.25, 0.3) is 0 Å². The first-order valence-corrected chi connectivity index (χ1v) is 20.0. The Labute approximate surface area is 352 Å². The number of nitriles is 1. The number of anilines is 12. The zero-order valence-corrected chi connectivity index (χ0v) is 32.9. The number of hydrogen-bond acceptors (Lipinski definition) is 5. The lowest BCUT2D eigenvalue weighted by Gasteiger charge is -2.39. The van der Waals surface area contributed by atoms with Crippen LogP contribution in [0.15, 0.2) is 249 Å². The summed E-state index contributed by atoms with van der Waals surface area (Å²) in [4.78, 5) is 8.99. The Morgan fingerprint density at radius 1 is 0.250 bits per heavy atom. The zero-order chi connectivity index (χ0) is 40.5. The van der Waals surface area contributed by atoms with Gasteiger partial charge in [0.05, 0.1) is 22.7 Å². The van der Waals surface area contributed by atoms with Crippen molar-refractivity contribution >= 4 is 68.2 Å². The van der Waals surface area contributed by atoms with Gasteiger partial charge in [0.15, 0.2) is 0 Å². The molecule has 9 rings (SSSR count). The lowest BCUT2D eigenvalue weighted by atomic mass is 9.98. The van der Waals surface area contributed by atoms with Gasteiger partial charge in [0.1, 0.15) is 11.6 Å². The third-order valence-corrected chi connectivity index (χ3v) is 10.4. The molecule has 0 aliphatic carbocycles. The predicted molar refractivity (Wildman–Crippen MR) is 250 cm³/mol. The molecule has 0 saturated heterocycles. The van der Waals surface area contributed by atoms with Crippen molar-refractivity contribution in [2.24, 2.45) is 0 Å². The Balaban J connectivity index is 1.52. The molecular formula is C55H41N5. The van der Waals surface area contributed by atoms with Gasteiger partial charge in [-0.2, -0.15) is 5.26 Å². The van der Waals surface area contributed by atoms with Crippen LogP contribution in [0.2, 0.25) is 0 Å². The Morgan fingerprint density at radius 2 is 0.433 bits per heavy atom. The maximum atomic E-state index is 12.1. The van der Waals surface area contributed by atoms with Gasteiger partial charge >= 0.3 is 0 Å². The minimum atomic E-state index is 0.483. The van der Waals surface area contributed by atoms with Crippen molar-refractivity contribution in [1.29, 1.82) is 5.26 Å². The number of rotatable bonds is 12. The smallest absolute Gasteiger partial charge is 0.104 e. The summed E-state index contributed by atoms with van der Waals surface area (Å²) in [6.45, 7) is 0. The van der Waals surface area contributed by atoms with Crippen molar-refractivity contribution < 1.29 is 0 Å². The van der Waals surface area contributed by atoms with Gasteiger partial charge in [-0.3, -0.25) is 0 Å². The van der Waals surface area contributed by atoms with Gasteiger partial charge < -0.3 is 19.6 Å². The van der Waals surface area contributed by atoms with Crippen LogP contribution in [0.25, 0.3) is 0 Å². The molecule has 0 N–H and O–H groups in total. The first-order chi connectivity index (χ1) is 29.8. The summed E-state index contributed by atoms with van der Waals surface area (Å²) >= 11 is 0. The number of para-hydroxylation sites is 8. The van der Waals surface area contributed by atoms with Crippen LogP contribution in [0.5, 0.6) is 0 Å². The van der Waals surface area contributed by atoms with Crippen LogP contribution >= 0.6 is 0 Å². The standard InChI is InChI=1S/C55H41N5/c56-42-51-54(59(47-33-17-5-18-34-47)48-35-19-6-20-36-48)52(57(43-25-9-1-10-26-43)44-27-11-2-12-28-44)41-53(58(45-29-13-3-14-30-45)46-31-15-4-16-32-46)55(51)60(49-37-21-7-22-38-49)50-39-23-8-24-40-50/h1-41H. The molecule has 286 valence electrons. The topological polar surface area (TPSA) is 36.8 Å². The summed E-state index contributed by atoms with van der Waals surface area (Å²) < 4.78 is 0. The van der Waals surface area contributed by atoms with E-state index in [0.717, 1.165) is 68.2 Å². The van der Waals surface area contributed by atoms with Crippen LogP contribution in [-0.4, -0.2) is 0 Å². The third-order valence-electron chi connectivity index (χ3n) is 10.4. The highest BCUT2D eigenvalue weighted by molar-refractivity contribution is 6.05. The molecule has 0 saturated carbocycles. The number of nitrogens with zero attached hydrogens (tertiary/aromatic N) is 5. The van der Waals surface area contributed by atoms with E-state index in [0.29, 0.717) is 5.56 Å². The van der Waals surface area contributed by atoms with Gasteiger partial charge in [-0.15, -0.1) is 0 Å². The molecule has 0 heterocycles. The van der Waals surface area contributed by atoms with E-state index < -0.39 is 0 Å². The summed E-state index contributed by atoms with van der Waals surface area (Å²) in [6, 6.07) is 88.0. The fourth-order valence-corrected chi connectivity index (χ4v) is 7.82. The van der Waals surface area contributed by atoms with E-state index in [1.807, 2.05) is 97.1 Å². The molecule has 0 fully saturated rings. The fraction of sp³-hybridized carbons (Fsp3) is 0. The summed E-state index contributed by atoms with van der Waals surface area (Å²) in [6.07, 6.45) is 0. The van der Waals surface area contributed by atoms with E-state index in [-0.39, 0.29) is 0 Å². The number of benzene rings is 9. The van der Waals surface area contributed by atoms with Crippen LogP contribution in [-0.2, 0) is 0 Å². The minimum absolute atomic E-state index is 0.483. The summed E-state index contributed by atoms with van der Waals surface area (Å²) in [7, 11) is 0. The molecule has 0 unspecified atom stereocenters. The summed E-state index contributed by atoms with van der Waals surface area (Å²) in [5, 5.41) is 12.1. The fourth-order valence-electron chi connectivity index (χ4n) is 7.82. The van der Waals surface area contributed by atoms with Crippen molar-refractivity contribution in [1.82, 2.24) is 0 Å². The van der Waals surface area contributed by atoms with Gasteiger partial charge in [-0.25, -0.2) is 0 Å². The van der Waals surface area contributed by atoms with Crippen molar-refractivity contribution in [3.63, 3.8) is 0 Å². The highest BCUT2D eigenvalue weighted by Gasteiger charge is 2.34. The summed E-state index contributed by atoms with van der Waals surface area (Å²) in [5.41, 5.74) is 11.0. The maximum absolute atomic E-state index is 12.1. The second-order valence-electron chi connectivity index (χ2n) is 14.1. The molecule has 0 amide bonds. The third kappa shape index (κ3) is 7.45. The van der Waals surface area contributed by atoms with Crippen LogP contribution in [0.1, 0.15) is 5.56 Å². The Morgan fingerprint density at radius 3 is 0.617 bits per heavy atom. The first kappa shape index (κ1) is 37.3. The second-order valence-corrected chi connectivity index (χ2v) is 14.1. The van der Waals surface area contributed by atoms with Crippen LogP contribution in [0, 0.1) is 11.3 Å². The van der Waals surface area contributed by atoms with E-state index in [9.17, 15) is 5.26 Å². The van der Waals surface area contributed by atoms with Gasteiger partial charge in [0.2, 0.25) is 0 Å². The molecule has 0 aromatic heterocycles. The molecule has 5 nitrogen and oxygen atoms in total. The predicted octanol–water partition coefficient (Wildman–Crippen LogP) is 15.4. The average Bonchev–Trinajstić information content (AvgIpc) is 3.33. The van der Waals surface area contributed by atoms with E-state index in [4.69, 9.17) is 0 Å². The molecule has 9 aromatic rings. The van der Waals surface area contributed by atoms with E-state index >= 15 is 0 Å². The average molecular weight is 772 g/mol. The maximum Gasteiger partial charge on any atom is 0.104 e. The highest BCUT2D eigenvalue weighted by atomic mass is 15.3.